The molecule has 0 atom stereocenters. The number of rotatable bonds is 3. The van der Waals surface area contributed by atoms with E-state index < -0.39 is 34.4 Å². The molecule has 0 N–H and O–H groups in total. The van der Waals surface area contributed by atoms with Gasteiger partial charge in [0, 0.05) is 6.07 Å². The van der Waals surface area contributed by atoms with Gasteiger partial charge in [-0.1, -0.05) is 0 Å². The first-order valence-electron chi connectivity index (χ1n) is 3.78. The summed E-state index contributed by atoms with van der Waals surface area (Å²) in [5, 5.41) is 18.8. The molecule has 0 fully saturated rings. The molecule has 0 radical (unpaired) electrons. The third-order valence-corrected chi connectivity index (χ3v) is 1.57. The number of nitro groups is 1. The zero-order valence-electron chi connectivity index (χ0n) is 7.49. The van der Waals surface area contributed by atoms with Crippen molar-refractivity contribution in [1.82, 2.24) is 0 Å². The van der Waals surface area contributed by atoms with E-state index in [9.17, 15) is 23.3 Å². The van der Waals surface area contributed by atoms with Crippen molar-refractivity contribution >= 4 is 5.69 Å². The zero-order valence-corrected chi connectivity index (χ0v) is 7.49. The number of nitrogens with zero attached hydrogens (tertiary/aromatic N) is 2. The zero-order chi connectivity index (χ0) is 12.3. The summed E-state index contributed by atoms with van der Waals surface area (Å²) in [4.78, 5) is 9.21. The van der Waals surface area contributed by atoms with Gasteiger partial charge in [-0.3, -0.25) is 10.1 Å². The molecule has 8 heteroatoms. The Morgan fingerprint density at radius 2 is 2.12 bits per heavy atom. The van der Waals surface area contributed by atoms with Crippen molar-refractivity contribution in [1.29, 1.82) is 5.26 Å². The summed E-state index contributed by atoms with van der Waals surface area (Å²) < 4.78 is 40.6. The van der Waals surface area contributed by atoms with Crippen LogP contribution in [0.15, 0.2) is 12.1 Å². The van der Waals surface area contributed by atoms with E-state index in [4.69, 9.17) is 5.26 Å². The highest BCUT2D eigenvalue weighted by Gasteiger charge is 2.21. The van der Waals surface area contributed by atoms with E-state index >= 15 is 0 Å². The minimum Gasteiger partial charge on any atom is -0.435 e. The summed E-state index contributed by atoms with van der Waals surface area (Å²) in [6.07, 6.45) is 0. The van der Waals surface area contributed by atoms with Gasteiger partial charge in [0.25, 0.3) is 0 Å². The van der Waals surface area contributed by atoms with Gasteiger partial charge in [-0.15, -0.1) is 0 Å². The molecule has 84 valence electrons. The Balaban J connectivity index is 3.30. The summed E-state index contributed by atoms with van der Waals surface area (Å²) in [5.74, 6) is -2.02. The van der Waals surface area contributed by atoms with Crippen molar-refractivity contribution in [2.24, 2.45) is 0 Å². The second-order valence-corrected chi connectivity index (χ2v) is 2.55. The molecule has 0 aliphatic heterocycles. The van der Waals surface area contributed by atoms with E-state index in [2.05, 4.69) is 4.74 Å². The minimum absolute atomic E-state index is 0.488. The standard InChI is InChI=1S/C8H3F3N2O3/c9-7-4(3-12)1-5(16-8(10)11)2-6(7)13(14)15/h1-2,8H. The third kappa shape index (κ3) is 2.38. The molecule has 0 spiro atoms. The second-order valence-electron chi connectivity index (χ2n) is 2.55. The normalized spacial score (nSPS) is 9.94. The molecule has 0 unspecified atom stereocenters. The van der Waals surface area contributed by atoms with Gasteiger partial charge >= 0.3 is 12.3 Å². The van der Waals surface area contributed by atoms with E-state index in [0.29, 0.717) is 12.1 Å². The molecule has 1 aromatic carbocycles. The maximum absolute atomic E-state index is 13.1. The van der Waals surface area contributed by atoms with Crippen LogP contribution in [0, 0.1) is 27.3 Å². The molecular weight excluding hydrogens is 229 g/mol. The largest absolute Gasteiger partial charge is 0.435 e. The fourth-order valence-electron chi connectivity index (χ4n) is 0.968. The Bertz CT molecular complexity index is 470. The van der Waals surface area contributed by atoms with Crippen LogP contribution in [-0.4, -0.2) is 11.5 Å². The van der Waals surface area contributed by atoms with Crippen LogP contribution in [0.25, 0.3) is 0 Å². The van der Waals surface area contributed by atoms with Crippen LogP contribution in [0.3, 0.4) is 0 Å². The van der Waals surface area contributed by atoms with E-state index in [0.717, 1.165) is 0 Å². The van der Waals surface area contributed by atoms with Crippen LogP contribution < -0.4 is 4.74 Å². The third-order valence-electron chi connectivity index (χ3n) is 1.57. The molecule has 0 aliphatic rings. The monoisotopic (exact) mass is 232 g/mol. The topological polar surface area (TPSA) is 76.2 Å². The van der Waals surface area contributed by atoms with Crippen LogP contribution in [-0.2, 0) is 0 Å². The van der Waals surface area contributed by atoms with Crippen LogP contribution in [0.2, 0.25) is 0 Å². The lowest BCUT2D eigenvalue weighted by molar-refractivity contribution is -0.387. The molecule has 1 aromatic rings. The van der Waals surface area contributed by atoms with Crippen molar-refractivity contribution in [2.75, 3.05) is 0 Å². The number of nitro benzene ring substituents is 1. The Morgan fingerprint density at radius 1 is 1.50 bits per heavy atom. The van der Waals surface area contributed by atoms with E-state index in [1.54, 1.807) is 0 Å². The number of alkyl halides is 2. The highest BCUT2D eigenvalue weighted by molar-refractivity contribution is 5.49. The van der Waals surface area contributed by atoms with Gasteiger partial charge in [0.15, 0.2) is 0 Å². The fourth-order valence-corrected chi connectivity index (χ4v) is 0.968. The van der Waals surface area contributed by atoms with Crippen LogP contribution in [0.1, 0.15) is 5.56 Å². The van der Waals surface area contributed by atoms with Crippen LogP contribution in [0.4, 0.5) is 18.9 Å². The Morgan fingerprint density at radius 3 is 2.56 bits per heavy atom. The molecule has 0 saturated heterocycles. The number of ether oxygens (including phenoxy) is 1. The van der Waals surface area contributed by atoms with Crippen LogP contribution >= 0.6 is 0 Å². The number of benzene rings is 1. The van der Waals surface area contributed by atoms with Crippen molar-refractivity contribution in [3.8, 4) is 11.8 Å². The van der Waals surface area contributed by atoms with Crippen molar-refractivity contribution in [3.63, 3.8) is 0 Å². The summed E-state index contributed by atoms with van der Waals surface area (Å²) >= 11 is 0. The van der Waals surface area contributed by atoms with Crippen molar-refractivity contribution in [3.05, 3.63) is 33.6 Å². The molecule has 16 heavy (non-hydrogen) atoms. The van der Waals surface area contributed by atoms with E-state index in [-0.39, 0.29) is 0 Å². The summed E-state index contributed by atoms with van der Waals surface area (Å²) in [5.41, 5.74) is -1.82. The summed E-state index contributed by atoms with van der Waals surface area (Å²) in [6, 6.07) is 2.45. The Kier molecular flexibility index (Phi) is 3.30. The maximum atomic E-state index is 13.1. The van der Waals surface area contributed by atoms with Crippen molar-refractivity contribution in [2.45, 2.75) is 6.61 Å². The highest BCUT2D eigenvalue weighted by atomic mass is 19.3. The molecule has 0 bridgehead atoms. The van der Waals surface area contributed by atoms with Gasteiger partial charge in [-0.05, 0) is 0 Å². The quantitative estimate of drug-likeness (QED) is 0.591. The molecule has 0 aliphatic carbocycles. The first-order valence-corrected chi connectivity index (χ1v) is 3.78. The van der Waals surface area contributed by atoms with Gasteiger partial charge in [-0.2, -0.15) is 18.4 Å². The lowest BCUT2D eigenvalue weighted by Crippen LogP contribution is -2.04. The molecule has 0 amide bonds. The molecule has 5 nitrogen and oxygen atoms in total. The van der Waals surface area contributed by atoms with Gasteiger partial charge in [0.05, 0.1) is 16.6 Å². The second kappa shape index (κ2) is 4.48. The van der Waals surface area contributed by atoms with Gasteiger partial charge < -0.3 is 4.74 Å². The van der Waals surface area contributed by atoms with Crippen LogP contribution in [0.5, 0.6) is 5.75 Å². The van der Waals surface area contributed by atoms with E-state index in [1.165, 1.54) is 6.07 Å². The predicted molar refractivity (Wildman–Crippen MR) is 44.4 cm³/mol. The first kappa shape index (κ1) is 11.8. The molecule has 0 saturated carbocycles. The lowest BCUT2D eigenvalue weighted by Gasteiger charge is -2.05. The van der Waals surface area contributed by atoms with Gasteiger partial charge in [0.1, 0.15) is 11.8 Å². The number of hydrogen-bond donors (Lipinski definition) is 0. The highest BCUT2D eigenvalue weighted by Crippen LogP contribution is 2.27. The summed E-state index contributed by atoms with van der Waals surface area (Å²) in [7, 11) is 0. The van der Waals surface area contributed by atoms with Crippen molar-refractivity contribution < 1.29 is 22.8 Å². The molecule has 0 heterocycles. The lowest BCUT2D eigenvalue weighted by atomic mass is 10.2. The fraction of sp³-hybridized carbons (Fsp3) is 0.125. The first-order chi connectivity index (χ1) is 7.45. The maximum Gasteiger partial charge on any atom is 0.387 e. The molecule has 0 aromatic heterocycles. The van der Waals surface area contributed by atoms with Gasteiger partial charge in [-0.25, -0.2) is 0 Å². The molecule has 1 rings (SSSR count). The minimum atomic E-state index is -3.21. The number of halogens is 3. The molecular formula is C8H3F3N2O3. The Labute approximate surface area is 86.8 Å². The van der Waals surface area contributed by atoms with Gasteiger partial charge in [0.2, 0.25) is 5.82 Å². The average molecular weight is 232 g/mol. The number of nitriles is 1. The Hall–Kier alpha value is -2.30. The summed E-state index contributed by atoms with van der Waals surface area (Å²) in [6.45, 7) is -3.21. The smallest absolute Gasteiger partial charge is 0.387 e. The predicted octanol–water partition coefficient (Wildman–Crippen LogP) is 2.21. The van der Waals surface area contributed by atoms with E-state index in [1.807, 2.05) is 0 Å². The number of hydrogen-bond acceptors (Lipinski definition) is 4. The average Bonchev–Trinajstić information content (AvgIpc) is 2.19. The SMILES string of the molecule is N#Cc1cc(OC(F)F)cc([N+](=O)[O-])c1F.